The molecule has 1 aromatic heterocycles. The van der Waals surface area contributed by atoms with E-state index in [0.717, 1.165) is 10.8 Å². The molecule has 0 saturated heterocycles. The van der Waals surface area contributed by atoms with Gasteiger partial charge in [-0.1, -0.05) is 48.2 Å². The van der Waals surface area contributed by atoms with Gasteiger partial charge in [-0.05, 0) is 35.1 Å². The number of aromatic amines is 1. The van der Waals surface area contributed by atoms with Crippen molar-refractivity contribution in [2.24, 2.45) is 0 Å². The molecular formula is C16H15N3S2. The average molecular weight is 313 g/mol. The van der Waals surface area contributed by atoms with Crippen LogP contribution in [0.2, 0.25) is 0 Å². The minimum absolute atomic E-state index is 0.901. The maximum Gasteiger partial charge on any atom is 0.139 e. The predicted molar refractivity (Wildman–Crippen MR) is 89.6 cm³/mol. The normalized spacial score (nSPS) is 10.7. The summed E-state index contributed by atoms with van der Waals surface area (Å²) in [6.45, 7) is 0. The van der Waals surface area contributed by atoms with Crippen molar-refractivity contribution >= 4 is 23.5 Å². The summed E-state index contributed by atoms with van der Waals surface area (Å²) < 4.78 is 0. The molecule has 0 aliphatic rings. The summed E-state index contributed by atoms with van der Waals surface area (Å²) in [5.74, 6) is 0.901. The predicted octanol–water partition coefficient (Wildman–Crippen LogP) is 4.49. The van der Waals surface area contributed by atoms with E-state index in [9.17, 15) is 0 Å². The summed E-state index contributed by atoms with van der Waals surface area (Å²) in [4.78, 5) is 1.29. The fraction of sp³-hybridized carbons (Fsp3) is 0.125. The first kappa shape index (κ1) is 14.2. The van der Waals surface area contributed by atoms with Gasteiger partial charge in [-0.15, -0.1) is 16.9 Å². The van der Waals surface area contributed by atoms with Crippen LogP contribution >= 0.6 is 23.5 Å². The number of aromatic nitrogens is 3. The van der Waals surface area contributed by atoms with Gasteiger partial charge < -0.3 is 0 Å². The largest absolute Gasteiger partial charge is 0.197 e. The highest BCUT2D eigenvalue weighted by molar-refractivity contribution is 7.98. The van der Waals surface area contributed by atoms with Crippen molar-refractivity contribution in [1.29, 1.82) is 0 Å². The third-order valence-electron chi connectivity index (χ3n) is 3.16. The smallest absolute Gasteiger partial charge is 0.139 e. The summed E-state index contributed by atoms with van der Waals surface area (Å²) in [6.07, 6.45) is 3.84. The second-order valence-electron chi connectivity index (χ2n) is 4.52. The van der Waals surface area contributed by atoms with Crippen molar-refractivity contribution in [2.75, 3.05) is 6.26 Å². The molecule has 3 nitrogen and oxygen atoms in total. The number of benzene rings is 2. The molecule has 0 fully saturated rings. The molecular weight excluding hydrogens is 298 g/mol. The third-order valence-corrected chi connectivity index (χ3v) is 4.87. The summed E-state index contributed by atoms with van der Waals surface area (Å²) in [5, 5.41) is 11.4. The van der Waals surface area contributed by atoms with Gasteiger partial charge in [-0.2, -0.15) is 10.3 Å². The van der Waals surface area contributed by atoms with Crippen molar-refractivity contribution in [3.05, 3.63) is 60.3 Å². The van der Waals surface area contributed by atoms with Crippen LogP contribution in [0, 0.1) is 0 Å². The molecule has 0 aliphatic carbocycles. The second kappa shape index (κ2) is 6.83. The Kier molecular flexibility index (Phi) is 4.62. The molecule has 21 heavy (non-hydrogen) atoms. The Bertz CT molecular complexity index is 677. The minimum Gasteiger partial charge on any atom is -0.197 e. The maximum atomic E-state index is 4.04. The fourth-order valence-corrected chi connectivity index (χ4v) is 3.14. The van der Waals surface area contributed by atoms with Crippen molar-refractivity contribution < 1.29 is 0 Å². The number of nitrogens with one attached hydrogen (secondary N) is 1. The lowest BCUT2D eigenvalue weighted by Crippen LogP contribution is -1.83. The molecule has 5 heteroatoms. The molecule has 0 spiro atoms. The van der Waals surface area contributed by atoms with E-state index in [0.29, 0.717) is 0 Å². The molecule has 1 N–H and O–H groups in total. The lowest BCUT2D eigenvalue weighted by atomic mass is 10.0. The van der Waals surface area contributed by atoms with E-state index in [1.165, 1.54) is 21.6 Å². The van der Waals surface area contributed by atoms with Crippen LogP contribution in [0.4, 0.5) is 0 Å². The Labute approximate surface area is 132 Å². The van der Waals surface area contributed by atoms with Crippen molar-refractivity contribution in [1.82, 2.24) is 15.4 Å². The van der Waals surface area contributed by atoms with Gasteiger partial charge in [0.05, 0.1) is 6.20 Å². The van der Waals surface area contributed by atoms with Gasteiger partial charge in [0.15, 0.2) is 0 Å². The van der Waals surface area contributed by atoms with Crippen molar-refractivity contribution in [3.8, 4) is 11.1 Å². The number of rotatable bonds is 5. The quantitative estimate of drug-likeness (QED) is 0.705. The number of H-pyrrole nitrogens is 1. The summed E-state index contributed by atoms with van der Waals surface area (Å²) in [7, 11) is 0. The van der Waals surface area contributed by atoms with Crippen LogP contribution in [-0.2, 0) is 5.75 Å². The summed E-state index contributed by atoms with van der Waals surface area (Å²) in [5.41, 5.74) is 3.79. The SMILES string of the molecule is CSc1ccc(-c2ccc(CSc3cn[nH]n3)cc2)cc1. The van der Waals surface area contributed by atoms with Gasteiger partial charge >= 0.3 is 0 Å². The van der Waals surface area contributed by atoms with E-state index in [1.807, 2.05) is 0 Å². The van der Waals surface area contributed by atoms with Crippen LogP contribution < -0.4 is 0 Å². The highest BCUT2D eigenvalue weighted by atomic mass is 32.2. The Morgan fingerprint density at radius 3 is 2.19 bits per heavy atom. The van der Waals surface area contributed by atoms with Crippen LogP contribution in [0.5, 0.6) is 0 Å². The van der Waals surface area contributed by atoms with Gasteiger partial charge in [0, 0.05) is 10.6 Å². The number of hydrogen-bond acceptors (Lipinski definition) is 4. The molecule has 106 valence electrons. The van der Waals surface area contributed by atoms with Gasteiger partial charge in [-0.25, -0.2) is 0 Å². The number of thioether (sulfide) groups is 2. The Morgan fingerprint density at radius 1 is 0.952 bits per heavy atom. The van der Waals surface area contributed by atoms with E-state index < -0.39 is 0 Å². The van der Waals surface area contributed by atoms with Crippen LogP contribution in [0.3, 0.4) is 0 Å². The lowest BCUT2D eigenvalue weighted by molar-refractivity contribution is 0.911. The summed E-state index contributed by atoms with van der Waals surface area (Å²) in [6, 6.07) is 17.4. The van der Waals surface area contributed by atoms with E-state index in [2.05, 4.69) is 70.2 Å². The van der Waals surface area contributed by atoms with E-state index >= 15 is 0 Å². The van der Waals surface area contributed by atoms with E-state index in [4.69, 9.17) is 0 Å². The molecule has 0 amide bonds. The summed E-state index contributed by atoms with van der Waals surface area (Å²) >= 11 is 3.44. The first-order valence-electron chi connectivity index (χ1n) is 6.57. The van der Waals surface area contributed by atoms with E-state index in [1.54, 1.807) is 29.7 Å². The lowest BCUT2D eigenvalue weighted by Gasteiger charge is -2.05. The first-order chi connectivity index (χ1) is 10.3. The Balaban J connectivity index is 1.68. The molecule has 0 bridgehead atoms. The molecule has 0 unspecified atom stereocenters. The highest BCUT2D eigenvalue weighted by Crippen LogP contribution is 2.25. The molecule has 0 atom stereocenters. The maximum absolute atomic E-state index is 4.04. The van der Waals surface area contributed by atoms with Crippen molar-refractivity contribution in [2.45, 2.75) is 15.7 Å². The van der Waals surface area contributed by atoms with Crippen LogP contribution in [0.15, 0.2) is 64.6 Å². The fourth-order valence-electron chi connectivity index (χ4n) is 1.99. The van der Waals surface area contributed by atoms with Crippen molar-refractivity contribution in [3.63, 3.8) is 0 Å². The van der Waals surface area contributed by atoms with Crippen LogP contribution in [0.25, 0.3) is 11.1 Å². The van der Waals surface area contributed by atoms with E-state index in [-0.39, 0.29) is 0 Å². The molecule has 3 rings (SSSR count). The first-order valence-corrected chi connectivity index (χ1v) is 8.78. The van der Waals surface area contributed by atoms with Gasteiger partial charge in [-0.3, -0.25) is 0 Å². The van der Waals surface area contributed by atoms with Crippen LogP contribution in [0.1, 0.15) is 5.56 Å². The molecule has 0 saturated carbocycles. The zero-order valence-electron chi connectivity index (χ0n) is 11.6. The second-order valence-corrected chi connectivity index (χ2v) is 6.40. The molecule has 0 radical (unpaired) electrons. The van der Waals surface area contributed by atoms with Gasteiger partial charge in [0.2, 0.25) is 0 Å². The standard InChI is InChI=1S/C16H15N3S2/c1-20-15-8-6-14(7-9-15)13-4-2-12(3-5-13)11-21-16-10-17-19-18-16/h2-10H,11H2,1H3,(H,17,18,19). The zero-order valence-corrected chi connectivity index (χ0v) is 13.2. The Hall–Kier alpha value is -1.72. The topological polar surface area (TPSA) is 41.6 Å². The van der Waals surface area contributed by atoms with Gasteiger partial charge in [0.1, 0.15) is 5.03 Å². The van der Waals surface area contributed by atoms with Crippen LogP contribution in [-0.4, -0.2) is 21.7 Å². The highest BCUT2D eigenvalue weighted by Gasteiger charge is 2.01. The molecule has 2 aromatic carbocycles. The third kappa shape index (κ3) is 3.68. The minimum atomic E-state index is 0.901. The molecule has 0 aliphatic heterocycles. The molecule has 1 heterocycles. The molecule has 3 aromatic rings. The monoisotopic (exact) mass is 313 g/mol. The Morgan fingerprint density at radius 2 is 1.62 bits per heavy atom. The zero-order chi connectivity index (χ0) is 14.5. The van der Waals surface area contributed by atoms with Gasteiger partial charge in [0.25, 0.3) is 0 Å². The average Bonchev–Trinajstić information content (AvgIpc) is 3.07. The number of hydrogen-bond donors (Lipinski definition) is 1. The number of nitrogens with zero attached hydrogens (tertiary/aromatic N) is 2.